The first-order valence-electron chi connectivity index (χ1n) is 5.59. The monoisotopic (exact) mass is 223 g/mol. The Hall–Kier alpha value is -2.13. The quantitative estimate of drug-likeness (QED) is 0.778. The number of rotatable bonds is 1. The van der Waals surface area contributed by atoms with Crippen LogP contribution in [0.2, 0.25) is 0 Å². The van der Waals surface area contributed by atoms with Gasteiger partial charge in [-0.2, -0.15) is 0 Å². The van der Waals surface area contributed by atoms with Gasteiger partial charge in [-0.05, 0) is 6.07 Å². The molecule has 2 aromatic carbocycles. The lowest BCUT2D eigenvalue weighted by Crippen LogP contribution is -2.33. The average molecular weight is 223 g/mol. The summed E-state index contributed by atoms with van der Waals surface area (Å²) in [5.74, 6) is 0. The van der Waals surface area contributed by atoms with Gasteiger partial charge in [-0.1, -0.05) is 48.5 Å². The van der Waals surface area contributed by atoms with Gasteiger partial charge in [0, 0.05) is 16.8 Å². The predicted octanol–water partition coefficient (Wildman–Crippen LogP) is 2.19. The molecule has 1 atom stereocenters. The molecule has 3 rings (SSSR count). The molecule has 0 spiro atoms. The zero-order valence-corrected chi connectivity index (χ0v) is 9.30. The molecule has 0 amide bonds. The lowest BCUT2D eigenvalue weighted by molar-refractivity contribution is 0.801. The molecule has 3 nitrogen and oxygen atoms in total. The Morgan fingerprint density at radius 3 is 2.47 bits per heavy atom. The van der Waals surface area contributed by atoms with E-state index >= 15 is 0 Å². The minimum atomic E-state index is -0.375. The van der Waals surface area contributed by atoms with Crippen LogP contribution in [0.15, 0.2) is 59.6 Å². The molecule has 0 radical (unpaired) electrons. The first-order chi connectivity index (χ1) is 8.34. The molecule has 0 saturated heterocycles. The third-order valence-electron chi connectivity index (χ3n) is 2.80. The van der Waals surface area contributed by atoms with Crippen molar-refractivity contribution in [3.63, 3.8) is 0 Å². The van der Waals surface area contributed by atoms with Crippen LogP contribution in [-0.4, -0.2) is 12.0 Å². The summed E-state index contributed by atoms with van der Waals surface area (Å²) in [5, 5.41) is 3.15. The Bertz CT molecular complexity index is 561. The van der Waals surface area contributed by atoms with Crippen LogP contribution in [0.3, 0.4) is 0 Å². The van der Waals surface area contributed by atoms with Gasteiger partial charge in [0.05, 0.1) is 5.71 Å². The second-order valence-electron chi connectivity index (χ2n) is 3.98. The van der Waals surface area contributed by atoms with Crippen molar-refractivity contribution in [2.45, 2.75) is 6.29 Å². The van der Waals surface area contributed by atoms with Gasteiger partial charge in [-0.3, -0.25) is 5.73 Å². The molecule has 0 aromatic heterocycles. The number of anilines is 1. The number of nitrogens with two attached hydrogens (primary N) is 1. The van der Waals surface area contributed by atoms with Crippen molar-refractivity contribution < 1.29 is 0 Å². The summed E-state index contributed by atoms with van der Waals surface area (Å²) >= 11 is 0. The molecule has 84 valence electrons. The normalized spacial score (nSPS) is 17.9. The predicted molar refractivity (Wildman–Crippen MR) is 70.1 cm³/mol. The van der Waals surface area contributed by atoms with E-state index in [4.69, 9.17) is 5.73 Å². The van der Waals surface area contributed by atoms with Crippen LogP contribution in [0.5, 0.6) is 0 Å². The van der Waals surface area contributed by atoms with E-state index in [1.165, 1.54) is 0 Å². The fraction of sp³-hybridized carbons (Fsp3) is 0.0714. The highest BCUT2D eigenvalue weighted by molar-refractivity contribution is 6.16. The number of fused-ring (bicyclic) bond motifs is 1. The highest BCUT2D eigenvalue weighted by atomic mass is 15.2. The van der Waals surface area contributed by atoms with Gasteiger partial charge in [0.1, 0.15) is 0 Å². The van der Waals surface area contributed by atoms with E-state index in [0.29, 0.717) is 0 Å². The van der Waals surface area contributed by atoms with Crippen molar-refractivity contribution in [3.05, 3.63) is 65.7 Å². The third-order valence-corrected chi connectivity index (χ3v) is 2.80. The zero-order valence-electron chi connectivity index (χ0n) is 9.30. The number of para-hydroxylation sites is 1. The molecule has 1 heterocycles. The van der Waals surface area contributed by atoms with E-state index in [2.05, 4.69) is 16.4 Å². The molecule has 17 heavy (non-hydrogen) atoms. The average Bonchev–Trinajstić information content (AvgIpc) is 2.39. The molecule has 0 aliphatic carbocycles. The summed E-state index contributed by atoms with van der Waals surface area (Å²) in [5.41, 5.74) is 10.1. The molecule has 3 N–H and O–H groups in total. The van der Waals surface area contributed by atoms with Gasteiger partial charge < -0.3 is 5.32 Å². The maximum absolute atomic E-state index is 5.88. The van der Waals surface area contributed by atoms with E-state index in [1.807, 2.05) is 48.5 Å². The van der Waals surface area contributed by atoms with Gasteiger partial charge >= 0.3 is 0 Å². The maximum atomic E-state index is 5.88. The van der Waals surface area contributed by atoms with Gasteiger partial charge in [-0.15, -0.1) is 0 Å². The summed E-state index contributed by atoms with van der Waals surface area (Å²) < 4.78 is 0. The molecular formula is C14H13N3. The Morgan fingerprint density at radius 2 is 1.65 bits per heavy atom. The summed E-state index contributed by atoms with van der Waals surface area (Å²) in [6.07, 6.45) is -0.375. The Balaban J connectivity index is 2.16. The van der Waals surface area contributed by atoms with Gasteiger partial charge in [-0.25, -0.2) is 4.99 Å². The molecule has 1 aliphatic rings. The van der Waals surface area contributed by atoms with Gasteiger partial charge in [0.25, 0.3) is 0 Å². The Morgan fingerprint density at radius 1 is 0.941 bits per heavy atom. The number of aliphatic imine (C=N–C) groups is 1. The summed E-state index contributed by atoms with van der Waals surface area (Å²) in [6, 6.07) is 18.2. The highest BCUT2D eigenvalue weighted by Gasteiger charge is 2.17. The lowest BCUT2D eigenvalue weighted by Gasteiger charge is -2.23. The zero-order chi connectivity index (χ0) is 11.7. The van der Waals surface area contributed by atoms with E-state index in [-0.39, 0.29) is 6.29 Å². The number of hydrogen-bond acceptors (Lipinski definition) is 3. The minimum Gasteiger partial charge on any atom is -0.351 e. The molecular weight excluding hydrogens is 210 g/mol. The fourth-order valence-corrected chi connectivity index (χ4v) is 2.04. The summed E-state index contributed by atoms with van der Waals surface area (Å²) in [4.78, 5) is 4.48. The molecule has 1 unspecified atom stereocenters. The lowest BCUT2D eigenvalue weighted by atomic mass is 9.99. The first kappa shape index (κ1) is 10.1. The van der Waals surface area contributed by atoms with Crippen LogP contribution in [0, 0.1) is 0 Å². The highest BCUT2D eigenvalue weighted by Crippen LogP contribution is 2.24. The van der Waals surface area contributed by atoms with Crippen molar-refractivity contribution in [1.82, 2.24) is 0 Å². The standard InChI is InChI=1S/C14H13N3/c15-14-16-12-9-5-4-8-11(12)13(17-14)10-6-2-1-3-7-10/h1-9,14,16H,15H2. The minimum absolute atomic E-state index is 0.375. The second kappa shape index (κ2) is 4.03. The second-order valence-corrected chi connectivity index (χ2v) is 3.98. The fourth-order valence-electron chi connectivity index (χ4n) is 2.04. The van der Waals surface area contributed by atoms with E-state index < -0.39 is 0 Å². The SMILES string of the molecule is NC1N=C(c2ccccc2)c2ccccc2N1. The van der Waals surface area contributed by atoms with Crippen molar-refractivity contribution >= 4 is 11.4 Å². The maximum Gasteiger partial charge on any atom is 0.171 e. The van der Waals surface area contributed by atoms with Crippen molar-refractivity contribution in [1.29, 1.82) is 0 Å². The summed E-state index contributed by atoms with van der Waals surface area (Å²) in [6.45, 7) is 0. The van der Waals surface area contributed by atoms with E-state index in [9.17, 15) is 0 Å². The van der Waals surface area contributed by atoms with Crippen LogP contribution >= 0.6 is 0 Å². The van der Waals surface area contributed by atoms with Gasteiger partial charge in [0.15, 0.2) is 6.29 Å². The largest absolute Gasteiger partial charge is 0.351 e. The molecule has 0 bridgehead atoms. The van der Waals surface area contributed by atoms with Crippen LogP contribution in [-0.2, 0) is 0 Å². The summed E-state index contributed by atoms with van der Waals surface area (Å²) in [7, 11) is 0. The topological polar surface area (TPSA) is 50.4 Å². The van der Waals surface area contributed by atoms with Crippen LogP contribution in [0.4, 0.5) is 5.69 Å². The number of nitrogens with one attached hydrogen (secondary N) is 1. The Labute approximate surface area is 100.0 Å². The van der Waals surface area contributed by atoms with Crippen LogP contribution in [0.1, 0.15) is 11.1 Å². The Kier molecular flexibility index (Phi) is 2.38. The molecule has 0 fully saturated rings. The third kappa shape index (κ3) is 1.81. The van der Waals surface area contributed by atoms with E-state index in [0.717, 1.165) is 22.5 Å². The van der Waals surface area contributed by atoms with Crippen LogP contribution < -0.4 is 11.1 Å². The smallest absolute Gasteiger partial charge is 0.171 e. The molecule has 1 aliphatic heterocycles. The van der Waals surface area contributed by atoms with Crippen molar-refractivity contribution in [3.8, 4) is 0 Å². The van der Waals surface area contributed by atoms with Crippen molar-refractivity contribution in [2.75, 3.05) is 5.32 Å². The molecule has 3 heteroatoms. The number of benzene rings is 2. The number of hydrogen-bond donors (Lipinski definition) is 2. The van der Waals surface area contributed by atoms with Gasteiger partial charge in [0.2, 0.25) is 0 Å². The van der Waals surface area contributed by atoms with Crippen molar-refractivity contribution in [2.24, 2.45) is 10.7 Å². The van der Waals surface area contributed by atoms with Crippen LogP contribution in [0.25, 0.3) is 0 Å². The van der Waals surface area contributed by atoms with E-state index in [1.54, 1.807) is 0 Å². The molecule has 0 saturated carbocycles. The first-order valence-corrected chi connectivity index (χ1v) is 5.59. The molecule has 2 aromatic rings. The number of nitrogens with zero attached hydrogens (tertiary/aromatic N) is 1.